The first-order valence-electron chi connectivity index (χ1n) is 6.83. The van der Waals surface area contributed by atoms with Crippen molar-refractivity contribution in [3.05, 3.63) is 35.3 Å². The number of thiazole rings is 1. The van der Waals surface area contributed by atoms with Crippen molar-refractivity contribution >= 4 is 34.0 Å². The minimum absolute atomic E-state index is 0.0673. The van der Waals surface area contributed by atoms with E-state index in [9.17, 15) is 9.59 Å². The van der Waals surface area contributed by atoms with Gasteiger partial charge in [-0.15, -0.1) is 11.3 Å². The van der Waals surface area contributed by atoms with Crippen LogP contribution in [0.2, 0.25) is 0 Å². The van der Waals surface area contributed by atoms with Gasteiger partial charge in [0, 0.05) is 5.38 Å². The lowest BCUT2D eigenvalue weighted by Crippen LogP contribution is -2.47. The van der Waals surface area contributed by atoms with Crippen LogP contribution in [-0.4, -0.2) is 29.4 Å². The molecule has 2 amide bonds. The van der Waals surface area contributed by atoms with Gasteiger partial charge in [0.1, 0.15) is 12.3 Å². The van der Waals surface area contributed by atoms with Crippen molar-refractivity contribution < 1.29 is 14.3 Å². The molecule has 1 aromatic carbocycles. The number of benzene rings is 1. The average molecular weight is 317 g/mol. The molecule has 0 radical (unpaired) electrons. The van der Waals surface area contributed by atoms with E-state index in [1.807, 2.05) is 18.4 Å². The zero-order valence-electron chi connectivity index (χ0n) is 12.2. The maximum atomic E-state index is 12.3. The second-order valence-corrected chi connectivity index (χ2v) is 5.85. The van der Waals surface area contributed by atoms with Gasteiger partial charge in [0.15, 0.2) is 11.2 Å². The summed E-state index contributed by atoms with van der Waals surface area (Å²) >= 11 is 1.36. The summed E-state index contributed by atoms with van der Waals surface area (Å²) < 4.78 is 5.54. The summed E-state index contributed by atoms with van der Waals surface area (Å²) in [4.78, 5) is 30.1. The Hall–Kier alpha value is -2.41. The maximum Gasteiger partial charge on any atom is 0.268 e. The molecule has 0 fully saturated rings. The largest absolute Gasteiger partial charge is 0.479 e. The lowest BCUT2D eigenvalue weighted by atomic mass is 10.2. The lowest BCUT2D eigenvalue weighted by Gasteiger charge is -2.32. The lowest BCUT2D eigenvalue weighted by molar-refractivity contribution is -0.127. The van der Waals surface area contributed by atoms with Gasteiger partial charge in [-0.3, -0.25) is 14.5 Å². The summed E-state index contributed by atoms with van der Waals surface area (Å²) in [6.45, 7) is 3.46. The molecule has 0 saturated carbocycles. The zero-order valence-corrected chi connectivity index (χ0v) is 13.0. The van der Waals surface area contributed by atoms with Crippen LogP contribution in [0.3, 0.4) is 0 Å². The number of carbonyl (C=O) groups is 2. The fraction of sp³-hybridized carbons (Fsp3) is 0.267. The Morgan fingerprint density at radius 1 is 1.45 bits per heavy atom. The predicted octanol–water partition coefficient (Wildman–Crippen LogP) is 2.20. The van der Waals surface area contributed by atoms with E-state index in [0.29, 0.717) is 16.6 Å². The molecule has 114 valence electrons. The van der Waals surface area contributed by atoms with Crippen LogP contribution in [0.5, 0.6) is 5.75 Å². The highest BCUT2D eigenvalue weighted by Gasteiger charge is 2.32. The third-order valence-corrected chi connectivity index (χ3v) is 4.12. The summed E-state index contributed by atoms with van der Waals surface area (Å²) in [6, 6.07) is 7.19. The smallest absolute Gasteiger partial charge is 0.268 e. The van der Waals surface area contributed by atoms with Gasteiger partial charge in [-0.2, -0.15) is 0 Å². The Labute approximate surface area is 131 Å². The van der Waals surface area contributed by atoms with Crippen molar-refractivity contribution in [1.82, 2.24) is 4.98 Å². The van der Waals surface area contributed by atoms with E-state index >= 15 is 0 Å². The number of para-hydroxylation sites is 2. The van der Waals surface area contributed by atoms with Gasteiger partial charge in [-0.1, -0.05) is 12.1 Å². The fourth-order valence-electron chi connectivity index (χ4n) is 2.24. The minimum atomic E-state index is -0.607. The highest BCUT2D eigenvalue weighted by Crippen LogP contribution is 2.33. The molecule has 0 aliphatic carbocycles. The molecule has 1 N–H and O–H groups in total. The minimum Gasteiger partial charge on any atom is -0.479 e. The SMILES string of the molecule is Cc1csc(NC(=O)CN2C(=O)[C@H](C)Oc3ccccc32)n1. The Bertz CT molecular complexity index is 728. The van der Waals surface area contributed by atoms with Crippen molar-refractivity contribution in [2.45, 2.75) is 20.0 Å². The van der Waals surface area contributed by atoms with Crippen LogP contribution in [0.1, 0.15) is 12.6 Å². The van der Waals surface area contributed by atoms with E-state index in [0.717, 1.165) is 5.69 Å². The molecule has 1 aliphatic heterocycles. The van der Waals surface area contributed by atoms with E-state index < -0.39 is 6.10 Å². The number of nitrogens with zero attached hydrogens (tertiary/aromatic N) is 2. The highest BCUT2D eigenvalue weighted by molar-refractivity contribution is 7.13. The van der Waals surface area contributed by atoms with E-state index in [1.165, 1.54) is 16.2 Å². The Morgan fingerprint density at radius 3 is 2.95 bits per heavy atom. The zero-order chi connectivity index (χ0) is 15.7. The molecular formula is C15H15N3O3S. The summed E-state index contributed by atoms with van der Waals surface area (Å²) in [5.41, 5.74) is 1.46. The van der Waals surface area contributed by atoms with Gasteiger partial charge >= 0.3 is 0 Å². The summed E-state index contributed by atoms with van der Waals surface area (Å²) in [7, 11) is 0. The first kappa shape index (κ1) is 14.5. The van der Waals surface area contributed by atoms with Crippen LogP contribution >= 0.6 is 11.3 Å². The molecule has 2 aromatic rings. The van der Waals surface area contributed by atoms with Crippen molar-refractivity contribution in [3.63, 3.8) is 0 Å². The fourth-order valence-corrected chi connectivity index (χ4v) is 2.94. The molecule has 3 rings (SSSR count). The normalized spacial score (nSPS) is 16.9. The van der Waals surface area contributed by atoms with Crippen LogP contribution < -0.4 is 15.0 Å². The molecule has 7 heteroatoms. The molecule has 1 aromatic heterocycles. The van der Waals surface area contributed by atoms with Gasteiger partial charge in [0.05, 0.1) is 11.4 Å². The molecule has 0 unspecified atom stereocenters. The monoisotopic (exact) mass is 317 g/mol. The van der Waals surface area contributed by atoms with Crippen LogP contribution in [0.4, 0.5) is 10.8 Å². The van der Waals surface area contributed by atoms with Gasteiger partial charge in [-0.05, 0) is 26.0 Å². The molecule has 0 spiro atoms. The Balaban J connectivity index is 1.78. The first-order valence-corrected chi connectivity index (χ1v) is 7.71. The average Bonchev–Trinajstić information content (AvgIpc) is 2.89. The number of aryl methyl sites for hydroxylation is 1. The predicted molar refractivity (Wildman–Crippen MR) is 84.4 cm³/mol. The van der Waals surface area contributed by atoms with Crippen LogP contribution in [0, 0.1) is 6.92 Å². The Morgan fingerprint density at radius 2 is 2.23 bits per heavy atom. The van der Waals surface area contributed by atoms with Crippen LogP contribution in [0.15, 0.2) is 29.6 Å². The quantitative estimate of drug-likeness (QED) is 0.942. The summed E-state index contributed by atoms with van der Waals surface area (Å²) in [5, 5.41) is 5.10. The number of anilines is 2. The number of nitrogens with one attached hydrogen (secondary N) is 1. The van der Waals surface area contributed by atoms with Gasteiger partial charge < -0.3 is 10.1 Å². The number of aromatic nitrogens is 1. The number of rotatable bonds is 3. The number of carbonyl (C=O) groups excluding carboxylic acids is 2. The molecule has 0 saturated heterocycles. The molecular weight excluding hydrogens is 302 g/mol. The maximum absolute atomic E-state index is 12.3. The summed E-state index contributed by atoms with van der Waals surface area (Å²) in [5.74, 6) is 0.0864. The highest BCUT2D eigenvalue weighted by atomic mass is 32.1. The van der Waals surface area contributed by atoms with Crippen LogP contribution in [-0.2, 0) is 9.59 Å². The number of hydrogen-bond acceptors (Lipinski definition) is 5. The van der Waals surface area contributed by atoms with Crippen molar-refractivity contribution in [1.29, 1.82) is 0 Å². The number of fused-ring (bicyclic) bond motifs is 1. The molecule has 0 bridgehead atoms. The third-order valence-electron chi connectivity index (χ3n) is 3.24. The number of hydrogen-bond donors (Lipinski definition) is 1. The summed E-state index contributed by atoms with van der Waals surface area (Å²) in [6.07, 6.45) is -0.607. The van der Waals surface area contributed by atoms with E-state index in [1.54, 1.807) is 25.1 Å². The number of ether oxygens (including phenoxy) is 1. The van der Waals surface area contributed by atoms with Crippen molar-refractivity contribution in [2.75, 3.05) is 16.8 Å². The molecule has 1 aliphatic rings. The molecule has 2 heterocycles. The van der Waals surface area contributed by atoms with Crippen LogP contribution in [0.25, 0.3) is 0 Å². The van der Waals surface area contributed by atoms with Crippen molar-refractivity contribution in [2.24, 2.45) is 0 Å². The van der Waals surface area contributed by atoms with Gasteiger partial charge in [0.2, 0.25) is 5.91 Å². The second kappa shape index (κ2) is 5.76. The first-order chi connectivity index (χ1) is 10.5. The van der Waals surface area contributed by atoms with Gasteiger partial charge in [-0.25, -0.2) is 4.98 Å². The molecule has 6 nitrogen and oxygen atoms in total. The van der Waals surface area contributed by atoms with Crippen molar-refractivity contribution in [3.8, 4) is 5.75 Å². The van der Waals surface area contributed by atoms with Gasteiger partial charge in [0.25, 0.3) is 5.91 Å². The third kappa shape index (κ3) is 2.80. The molecule has 1 atom stereocenters. The topological polar surface area (TPSA) is 71.5 Å². The van der Waals surface area contributed by atoms with E-state index in [4.69, 9.17) is 4.74 Å². The molecule has 22 heavy (non-hydrogen) atoms. The van der Waals surface area contributed by atoms with E-state index in [-0.39, 0.29) is 18.4 Å². The standard InChI is InChI=1S/C15H15N3O3S/c1-9-8-22-15(16-9)17-13(19)7-18-11-5-3-4-6-12(11)21-10(2)14(18)20/h3-6,8,10H,7H2,1-2H3,(H,16,17,19)/t10-/m0/s1. The van der Waals surface area contributed by atoms with E-state index in [2.05, 4.69) is 10.3 Å². The Kier molecular flexibility index (Phi) is 3.81. The second-order valence-electron chi connectivity index (χ2n) is 4.99. The number of amides is 2.